The van der Waals surface area contributed by atoms with Crippen LogP contribution in [0.15, 0.2) is 60.7 Å². The van der Waals surface area contributed by atoms with Gasteiger partial charge >= 0.3 is 0 Å². The molecule has 0 aliphatic heterocycles. The predicted octanol–water partition coefficient (Wildman–Crippen LogP) is 9.03. The van der Waals surface area contributed by atoms with E-state index in [4.69, 9.17) is 0 Å². The van der Waals surface area contributed by atoms with Crippen LogP contribution in [0.5, 0.6) is 5.75 Å². The van der Waals surface area contributed by atoms with Crippen LogP contribution in [0.3, 0.4) is 0 Å². The van der Waals surface area contributed by atoms with Crippen molar-refractivity contribution in [1.82, 2.24) is 0 Å². The number of rotatable bonds is 3. The summed E-state index contributed by atoms with van der Waals surface area (Å²) in [5, 5.41) is 15.9. The second-order valence-electron chi connectivity index (χ2n) is 13.6. The van der Waals surface area contributed by atoms with Crippen molar-refractivity contribution in [3.05, 3.63) is 88.5 Å². The van der Waals surface area contributed by atoms with E-state index in [1.54, 1.807) is 0 Å². The summed E-state index contributed by atoms with van der Waals surface area (Å²) in [7, 11) is 0. The van der Waals surface area contributed by atoms with Gasteiger partial charge in [-0.25, -0.2) is 0 Å². The van der Waals surface area contributed by atoms with Crippen molar-refractivity contribution in [2.45, 2.75) is 78.6 Å². The fourth-order valence-electron chi connectivity index (χ4n) is 8.11. The minimum Gasteiger partial charge on any atom is -0.508 e. The Morgan fingerprint density at radius 3 is 2.23 bits per heavy atom. The molecule has 0 saturated carbocycles. The van der Waals surface area contributed by atoms with Gasteiger partial charge in [0.15, 0.2) is 0 Å². The third-order valence-electron chi connectivity index (χ3n) is 9.14. The van der Waals surface area contributed by atoms with E-state index in [9.17, 15) is 5.11 Å². The molecule has 2 aliphatic rings. The fourth-order valence-corrected chi connectivity index (χ4v) is 8.11. The zero-order valence-electron chi connectivity index (χ0n) is 22.3. The first-order valence-electron chi connectivity index (χ1n) is 13.2. The molecule has 0 saturated heterocycles. The maximum Gasteiger partial charge on any atom is 0.116 e. The lowest BCUT2D eigenvalue weighted by Crippen LogP contribution is -2.32. The Kier molecular flexibility index (Phi) is 4.61. The predicted molar refractivity (Wildman–Crippen MR) is 149 cm³/mol. The van der Waals surface area contributed by atoms with Crippen LogP contribution in [0, 0.1) is 10.8 Å². The van der Waals surface area contributed by atoms with Crippen LogP contribution >= 0.6 is 0 Å². The second-order valence-corrected chi connectivity index (χ2v) is 13.6. The Morgan fingerprint density at radius 1 is 0.829 bits per heavy atom. The third kappa shape index (κ3) is 3.27. The summed E-state index contributed by atoms with van der Waals surface area (Å²) >= 11 is 0. The lowest BCUT2D eigenvalue weighted by Gasteiger charge is -2.39. The molecule has 0 amide bonds. The lowest BCUT2D eigenvalue weighted by molar-refractivity contribution is 0.234. The van der Waals surface area contributed by atoms with Crippen molar-refractivity contribution in [3.8, 4) is 5.75 Å². The standard InChI is InChI=1S/C34H38O/c1-32(2,3)31-25-13-9-12-21-14-20(15-28(30(21)25)34(31,6)7)19-33(4,5)27-17-23-11-8-10-22-16-24(35)18-26(27)29(22)23/h8-16,18,27,31,35H,17,19H2,1-7H3. The highest BCUT2D eigenvalue weighted by molar-refractivity contribution is 5.94. The molecular weight excluding hydrogens is 424 g/mol. The molecule has 0 heterocycles. The van der Waals surface area contributed by atoms with Crippen molar-refractivity contribution in [2.24, 2.45) is 10.8 Å². The van der Waals surface area contributed by atoms with Gasteiger partial charge in [0.25, 0.3) is 0 Å². The number of phenolic OH excluding ortho intramolecular Hbond substituents is 1. The monoisotopic (exact) mass is 462 g/mol. The van der Waals surface area contributed by atoms with Gasteiger partial charge in [0, 0.05) is 0 Å². The van der Waals surface area contributed by atoms with E-state index in [-0.39, 0.29) is 16.2 Å². The average molecular weight is 463 g/mol. The van der Waals surface area contributed by atoms with Crippen LogP contribution in [-0.2, 0) is 18.3 Å². The Labute approximate surface area is 210 Å². The summed E-state index contributed by atoms with van der Waals surface area (Å²) < 4.78 is 0. The van der Waals surface area contributed by atoms with Gasteiger partial charge < -0.3 is 5.11 Å². The van der Waals surface area contributed by atoms with E-state index in [1.807, 2.05) is 12.1 Å². The zero-order valence-corrected chi connectivity index (χ0v) is 22.3. The minimum atomic E-state index is 0.0595. The highest BCUT2D eigenvalue weighted by Crippen LogP contribution is 2.58. The van der Waals surface area contributed by atoms with Gasteiger partial charge in [-0.1, -0.05) is 97.0 Å². The maximum absolute atomic E-state index is 10.5. The summed E-state index contributed by atoms with van der Waals surface area (Å²) in [6.45, 7) is 16.9. The fraction of sp³-hybridized carbons (Fsp3) is 0.412. The maximum atomic E-state index is 10.5. The van der Waals surface area contributed by atoms with Crippen molar-refractivity contribution in [2.75, 3.05) is 0 Å². The number of hydrogen-bond acceptors (Lipinski definition) is 1. The summed E-state index contributed by atoms with van der Waals surface area (Å²) in [6, 6.07) is 22.4. The van der Waals surface area contributed by atoms with Gasteiger partial charge in [-0.2, -0.15) is 0 Å². The van der Waals surface area contributed by atoms with Crippen LogP contribution in [0.1, 0.15) is 88.1 Å². The number of aromatic hydroxyl groups is 1. The van der Waals surface area contributed by atoms with Crippen LogP contribution < -0.4 is 0 Å². The largest absolute Gasteiger partial charge is 0.508 e. The summed E-state index contributed by atoms with van der Waals surface area (Å²) in [5.41, 5.74) is 7.58. The van der Waals surface area contributed by atoms with E-state index in [1.165, 1.54) is 44.0 Å². The molecule has 0 fully saturated rings. The molecule has 4 aromatic carbocycles. The molecule has 1 N–H and O–H groups in total. The van der Waals surface area contributed by atoms with Crippen molar-refractivity contribution >= 4 is 21.5 Å². The van der Waals surface area contributed by atoms with E-state index in [0.717, 1.165) is 18.2 Å². The molecule has 35 heavy (non-hydrogen) atoms. The molecular formula is C34H38O. The first-order chi connectivity index (χ1) is 16.4. The topological polar surface area (TPSA) is 20.2 Å². The van der Waals surface area contributed by atoms with Gasteiger partial charge in [-0.3, -0.25) is 0 Å². The molecule has 6 rings (SSSR count). The lowest BCUT2D eigenvalue weighted by atomic mass is 9.64. The highest BCUT2D eigenvalue weighted by atomic mass is 16.3. The number of phenols is 1. The quantitative estimate of drug-likeness (QED) is 0.322. The molecule has 0 radical (unpaired) electrons. The average Bonchev–Trinajstić information content (AvgIpc) is 3.23. The Balaban J connectivity index is 1.43. The van der Waals surface area contributed by atoms with Gasteiger partial charge in [-0.15, -0.1) is 0 Å². The first kappa shape index (κ1) is 22.7. The van der Waals surface area contributed by atoms with Crippen molar-refractivity contribution in [3.63, 3.8) is 0 Å². The molecule has 180 valence electrons. The van der Waals surface area contributed by atoms with Gasteiger partial charge in [-0.05, 0) is 102 Å². The minimum absolute atomic E-state index is 0.0595. The van der Waals surface area contributed by atoms with E-state index < -0.39 is 0 Å². The molecule has 2 aliphatic carbocycles. The first-order valence-corrected chi connectivity index (χ1v) is 13.2. The van der Waals surface area contributed by atoms with Crippen LogP contribution in [-0.4, -0.2) is 5.11 Å². The van der Waals surface area contributed by atoms with Gasteiger partial charge in [0.1, 0.15) is 5.75 Å². The second kappa shape index (κ2) is 7.12. The van der Waals surface area contributed by atoms with Crippen molar-refractivity contribution in [1.29, 1.82) is 0 Å². The van der Waals surface area contributed by atoms with E-state index in [0.29, 0.717) is 17.6 Å². The third-order valence-corrected chi connectivity index (χ3v) is 9.14. The normalized spacial score (nSPS) is 20.8. The van der Waals surface area contributed by atoms with E-state index >= 15 is 0 Å². The van der Waals surface area contributed by atoms with Gasteiger partial charge in [0.2, 0.25) is 0 Å². The molecule has 0 spiro atoms. The summed E-state index contributed by atoms with van der Waals surface area (Å²) in [5.74, 6) is 1.27. The Morgan fingerprint density at radius 2 is 1.51 bits per heavy atom. The Bertz CT molecular complexity index is 1500. The zero-order chi connectivity index (χ0) is 24.9. The SMILES string of the molecule is CC(C)(C)C1c2cccc3cc(CC(C)(C)C4Cc5cccc6cc(O)cc4c56)cc(c23)C1(C)C. The molecule has 1 heteroatoms. The van der Waals surface area contributed by atoms with Crippen LogP contribution in [0.2, 0.25) is 0 Å². The molecule has 0 aromatic heterocycles. The smallest absolute Gasteiger partial charge is 0.116 e. The van der Waals surface area contributed by atoms with Gasteiger partial charge in [0.05, 0.1) is 0 Å². The van der Waals surface area contributed by atoms with Crippen LogP contribution in [0.4, 0.5) is 0 Å². The molecule has 2 atom stereocenters. The molecule has 2 unspecified atom stereocenters. The molecule has 4 aromatic rings. The highest BCUT2D eigenvalue weighted by Gasteiger charge is 2.47. The molecule has 1 nitrogen and oxygen atoms in total. The molecule has 0 bridgehead atoms. The number of benzene rings is 4. The van der Waals surface area contributed by atoms with Crippen LogP contribution in [0.25, 0.3) is 21.5 Å². The van der Waals surface area contributed by atoms with Crippen molar-refractivity contribution < 1.29 is 5.11 Å². The number of hydrogen-bond donors (Lipinski definition) is 1. The van der Waals surface area contributed by atoms with E-state index in [2.05, 4.69) is 97.0 Å². The summed E-state index contributed by atoms with van der Waals surface area (Å²) in [4.78, 5) is 0. The Hall–Kier alpha value is -2.80. The summed E-state index contributed by atoms with van der Waals surface area (Å²) in [6.07, 6.45) is 2.07.